The number of rotatable bonds is 6. The van der Waals surface area contributed by atoms with Crippen LogP contribution < -0.4 is 14.2 Å². The molecule has 0 atom stereocenters. The molecule has 0 bridgehead atoms. The van der Waals surface area contributed by atoms with Crippen molar-refractivity contribution < 1.29 is 27.8 Å². The van der Waals surface area contributed by atoms with Crippen LogP contribution in [0.2, 0.25) is 0 Å². The van der Waals surface area contributed by atoms with E-state index in [2.05, 4.69) is 4.72 Å². The fourth-order valence-corrected chi connectivity index (χ4v) is 4.99. The topological polar surface area (TPSA) is 102 Å². The number of methoxy groups -OCH3 is 1. The third-order valence-corrected chi connectivity index (χ3v) is 6.45. The molecule has 7 nitrogen and oxygen atoms in total. The molecule has 3 aromatic rings. The number of carbonyl (C=O) groups is 1. The zero-order chi connectivity index (χ0) is 20.3. The number of hydrogen-bond donors (Lipinski definition) is 2. The Balaban J connectivity index is 2.06. The summed E-state index contributed by atoms with van der Waals surface area (Å²) in [5.41, 5.74) is 1.29. The number of ether oxygens (including phenoxy) is 2. The van der Waals surface area contributed by atoms with Crippen LogP contribution in [0.4, 0.5) is 10.5 Å². The summed E-state index contributed by atoms with van der Waals surface area (Å²) in [5.74, 6) is 0.568. The molecule has 0 radical (unpaired) electrons. The van der Waals surface area contributed by atoms with Gasteiger partial charge < -0.3 is 14.6 Å². The number of aryl methyl sites for hydroxylation is 1. The van der Waals surface area contributed by atoms with Crippen molar-refractivity contribution in [1.82, 2.24) is 0 Å². The minimum atomic E-state index is -3.93. The molecule has 1 aromatic heterocycles. The first-order valence-electron chi connectivity index (χ1n) is 8.08. The number of nitrogens with one attached hydrogen (secondary N) is 1. The van der Waals surface area contributed by atoms with Gasteiger partial charge in [-0.2, -0.15) is 0 Å². The van der Waals surface area contributed by atoms with Gasteiger partial charge in [0.25, 0.3) is 10.0 Å². The molecule has 2 N–H and O–H groups in total. The molecule has 28 heavy (non-hydrogen) atoms. The van der Waals surface area contributed by atoms with E-state index in [9.17, 15) is 13.2 Å². The second-order valence-electron chi connectivity index (χ2n) is 5.75. The van der Waals surface area contributed by atoms with Gasteiger partial charge in [-0.3, -0.25) is 4.72 Å². The van der Waals surface area contributed by atoms with Crippen LogP contribution in [0.1, 0.15) is 5.56 Å². The van der Waals surface area contributed by atoms with Crippen LogP contribution in [0.3, 0.4) is 0 Å². The molecule has 0 aliphatic carbocycles. The van der Waals surface area contributed by atoms with Crippen LogP contribution in [0.15, 0.2) is 59.5 Å². The summed E-state index contributed by atoms with van der Waals surface area (Å²) in [6.45, 7) is 1.68. The van der Waals surface area contributed by atoms with Gasteiger partial charge in [-0.15, -0.1) is 0 Å². The van der Waals surface area contributed by atoms with E-state index in [0.29, 0.717) is 21.8 Å². The van der Waals surface area contributed by atoms with Crippen LogP contribution in [0, 0.1) is 6.92 Å². The predicted molar refractivity (Wildman–Crippen MR) is 107 cm³/mol. The molecule has 0 aliphatic heterocycles. The van der Waals surface area contributed by atoms with Crippen LogP contribution in [-0.4, -0.2) is 26.8 Å². The average molecular weight is 419 g/mol. The smallest absolute Gasteiger partial charge is 0.496 e. The first-order valence-corrected chi connectivity index (χ1v) is 10.4. The fourth-order valence-electron chi connectivity index (χ4n) is 2.64. The standard InChI is InChI=1S/C19H17NO6S2/c1-12-7-3-6-10-17(12)28(23,24)20-14-11-16(27-18(14)26-19(21)22)13-8-4-5-9-15(13)25-2/h3-11,20H,1-2H3,(H,21,22). The Kier molecular flexibility index (Phi) is 5.57. The zero-order valence-corrected chi connectivity index (χ0v) is 16.6. The van der Waals surface area contributed by atoms with Gasteiger partial charge in [0.2, 0.25) is 5.06 Å². The van der Waals surface area contributed by atoms with Gasteiger partial charge in [0.1, 0.15) is 11.4 Å². The predicted octanol–water partition coefficient (Wildman–Crippen LogP) is 4.59. The molecular weight excluding hydrogens is 402 g/mol. The summed E-state index contributed by atoms with van der Waals surface area (Å²) in [4.78, 5) is 11.8. The Morgan fingerprint density at radius 3 is 2.46 bits per heavy atom. The Hall–Kier alpha value is -3.04. The highest BCUT2D eigenvalue weighted by atomic mass is 32.2. The number of hydrogen-bond acceptors (Lipinski definition) is 6. The van der Waals surface area contributed by atoms with Crippen LogP contribution in [0.25, 0.3) is 10.4 Å². The number of para-hydroxylation sites is 1. The van der Waals surface area contributed by atoms with Crippen LogP contribution >= 0.6 is 11.3 Å². The van der Waals surface area contributed by atoms with Crippen molar-refractivity contribution in [2.45, 2.75) is 11.8 Å². The molecule has 0 saturated heterocycles. The average Bonchev–Trinajstić information content (AvgIpc) is 3.02. The van der Waals surface area contributed by atoms with E-state index in [-0.39, 0.29) is 15.6 Å². The molecule has 0 saturated carbocycles. The number of benzene rings is 2. The Morgan fingerprint density at radius 2 is 1.79 bits per heavy atom. The first-order chi connectivity index (χ1) is 13.3. The molecule has 0 spiro atoms. The lowest BCUT2D eigenvalue weighted by Crippen LogP contribution is -2.15. The van der Waals surface area contributed by atoms with Crippen molar-refractivity contribution >= 4 is 33.2 Å². The van der Waals surface area contributed by atoms with E-state index in [1.807, 2.05) is 0 Å². The van der Waals surface area contributed by atoms with Crippen molar-refractivity contribution in [2.24, 2.45) is 0 Å². The molecule has 1 heterocycles. The van der Waals surface area contributed by atoms with Gasteiger partial charge in [-0.05, 0) is 36.8 Å². The van der Waals surface area contributed by atoms with Crippen molar-refractivity contribution in [3.63, 3.8) is 0 Å². The van der Waals surface area contributed by atoms with Gasteiger partial charge in [0.15, 0.2) is 0 Å². The maximum atomic E-state index is 12.8. The number of sulfonamides is 1. The molecule has 9 heteroatoms. The molecule has 0 amide bonds. The second-order valence-corrected chi connectivity index (χ2v) is 8.42. The summed E-state index contributed by atoms with van der Waals surface area (Å²) in [7, 11) is -2.42. The molecule has 146 valence electrons. The molecular formula is C19H17NO6S2. The Bertz CT molecular complexity index is 1120. The van der Waals surface area contributed by atoms with Gasteiger partial charge >= 0.3 is 6.16 Å². The van der Waals surface area contributed by atoms with E-state index >= 15 is 0 Å². The quantitative estimate of drug-likeness (QED) is 0.567. The van der Waals surface area contributed by atoms with Gasteiger partial charge in [-0.25, -0.2) is 13.2 Å². The summed E-state index contributed by atoms with van der Waals surface area (Å²) >= 11 is 1.00. The van der Waals surface area contributed by atoms with Gasteiger partial charge in [0, 0.05) is 10.4 Å². The van der Waals surface area contributed by atoms with Gasteiger partial charge in [-0.1, -0.05) is 41.7 Å². The van der Waals surface area contributed by atoms with E-state index < -0.39 is 16.2 Å². The molecule has 0 unspecified atom stereocenters. The largest absolute Gasteiger partial charge is 0.512 e. The van der Waals surface area contributed by atoms with Crippen LogP contribution in [0.5, 0.6) is 10.8 Å². The number of carboxylic acid groups (broad SMARTS) is 1. The highest BCUT2D eigenvalue weighted by molar-refractivity contribution is 7.92. The first kappa shape index (κ1) is 19.7. The number of anilines is 1. The SMILES string of the molecule is COc1ccccc1-c1cc(NS(=O)(=O)c2ccccc2C)c(OC(=O)O)s1. The summed E-state index contributed by atoms with van der Waals surface area (Å²) in [6, 6.07) is 15.2. The molecule has 3 rings (SSSR count). The third kappa shape index (κ3) is 4.10. The summed E-state index contributed by atoms with van der Waals surface area (Å²) < 4.78 is 38.1. The van der Waals surface area contributed by atoms with Gasteiger partial charge in [0.05, 0.1) is 12.0 Å². The van der Waals surface area contributed by atoms with Crippen molar-refractivity contribution in [3.8, 4) is 21.3 Å². The highest BCUT2D eigenvalue weighted by Gasteiger charge is 2.23. The Morgan fingerprint density at radius 1 is 1.11 bits per heavy atom. The third-order valence-electron chi connectivity index (χ3n) is 3.88. The maximum absolute atomic E-state index is 12.8. The van der Waals surface area contributed by atoms with Crippen molar-refractivity contribution in [1.29, 1.82) is 0 Å². The van der Waals surface area contributed by atoms with Crippen LogP contribution in [-0.2, 0) is 10.0 Å². The molecule has 0 aliphatic rings. The van der Waals surface area contributed by atoms with Crippen molar-refractivity contribution in [2.75, 3.05) is 11.8 Å². The van der Waals surface area contributed by atoms with E-state index in [4.69, 9.17) is 14.6 Å². The van der Waals surface area contributed by atoms with E-state index in [1.165, 1.54) is 19.2 Å². The highest BCUT2D eigenvalue weighted by Crippen LogP contribution is 2.44. The lowest BCUT2D eigenvalue weighted by molar-refractivity contribution is 0.146. The second kappa shape index (κ2) is 7.91. The van der Waals surface area contributed by atoms with Crippen molar-refractivity contribution in [3.05, 3.63) is 60.2 Å². The molecule has 2 aromatic carbocycles. The normalized spacial score (nSPS) is 11.1. The lowest BCUT2D eigenvalue weighted by atomic mass is 10.1. The van der Waals surface area contributed by atoms with E-state index in [0.717, 1.165) is 11.3 Å². The fraction of sp³-hybridized carbons (Fsp3) is 0.105. The number of thiophene rings is 1. The Labute approximate surface area is 166 Å². The molecule has 0 fully saturated rings. The van der Waals surface area contributed by atoms with E-state index in [1.54, 1.807) is 49.4 Å². The monoisotopic (exact) mass is 419 g/mol. The zero-order valence-electron chi connectivity index (χ0n) is 15.0. The lowest BCUT2D eigenvalue weighted by Gasteiger charge is -2.10. The summed E-state index contributed by atoms with van der Waals surface area (Å²) in [5, 5.41) is 8.94. The maximum Gasteiger partial charge on any atom is 0.512 e. The minimum absolute atomic E-state index is 0.0385. The minimum Gasteiger partial charge on any atom is -0.496 e. The summed E-state index contributed by atoms with van der Waals surface area (Å²) in [6.07, 6.45) is -1.54.